The van der Waals surface area contributed by atoms with Crippen LogP contribution in [0.4, 0.5) is 0 Å². The third-order valence-electron chi connectivity index (χ3n) is 2.36. The Hall–Kier alpha value is 0.797. The first kappa shape index (κ1) is 15.9. The van der Waals surface area contributed by atoms with Crippen molar-refractivity contribution in [2.45, 2.75) is 37.9 Å². The van der Waals surface area contributed by atoms with E-state index < -0.39 is 8.07 Å². The lowest BCUT2D eigenvalue weighted by Crippen LogP contribution is -2.22. The molecule has 100 valence electrons. The summed E-state index contributed by atoms with van der Waals surface area (Å²) in [7, 11) is -0.980. The van der Waals surface area contributed by atoms with E-state index in [-0.39, 0.29) is 12.2 Å². The van der Waals surface area contributed by atoms with Gasteiger partial charge in [0.1, 0.15) is 19.0 Å². The lowest BCUT2D eigenvalue weighted by atomic mass is 10.3. The molecule has 1 aliphatic rings. The first-order chi connectivity index (χ1) is 7.88. The molecule has 0 radical (unpaired) electrons. The third-order valence-corrected chi connectivity index (χ3v) is 4.59. The van der Waals surface area contributed by atoms with Gasteiger partial charge in [0.15, 0.2) is 0 Å². The van der Waals surface area contributed by atoms with Crippen molar-refractivity contribution >= 4 is 39.9 Å². The van der Waals surface area contributed by atoms with Gasteiger partial charge in [-0.1, -0.05) is 19.6 Å². The summed E-state index contributed by atoms with van der Waals surface area (Å²) in [6.45, 7) is 8.79. The first-order valence-corrected chi connectivity index (χ1v) is 11.0. The molecule has 0 aromatic carbocycles. The van der Waals surface area contributed by atoms with Gasteiger partial charge in [0, 0.05) is 14.7 Å². The SMILES string of the molecule is C[Si](C)(C)CCOCOCC1OC1C=C(Br)Br. The third kappa shape index (κ3) is 8.50. The summed E-state index contributed by atoms with van der Waals surface area (Å²) in [5, 5.41) is 0. The van der Waals surface area contributed by atoms with Crippen LogP contribution in [0.1, 0.15) is 0 Å². The van der Waals surface area contributed by atoms with Crippen molar-refractivity contribution < 1.29 is 14.2 Å². The van der Waals surface area contributed by atoms with Crippen molar-refractivity contribution in [3.63, 3.8) is 0 Å². The van der Waals surface area contributed by atoms with Gasteiger partial charge in [-0.05, 0) is 44.0 Å². The fourth-order valence-electron chi connectivity index (χ4n) is 1.22. The molecule has 0 aromatic heterocycles. The van der Waals surface area contributed by atoms with Crippen LogP contribution in [0.2, 0.25) is 25.7 Å². The van der Waals surface area contributed by atoms with Crippen LogP contribution in [0.3, 0.4) is 0 Å². The Balaban J connectivity index is 1.91. The van der Waals surface area contributed by atoms with Crippen molar-refractivity contribution in [2.75, 3.05) is 20.0 Å². The molecule has 0 aliphatic carbocycles. The predicted molar refractivity (Wildman–Crippen MR) is 79.5 cm³/mol. The van der Waals surface area contributed by atoms with Gasteiger partial charge >= 0.3 is 0 Å². The molecular weight excluding hydrogens is 368 g/mol. The summed E-state index contributed by atoms with van der Waals surface area (Å²) >= 11 is 6.60. The Morgan fingerprint density at radius 3 is 2.59 bits per heavy atom. The minimum atomic E-state index is -0.980. The van der Waals surface area contributed by atoms with Gasteiger partial charge in [-0.3, -0.25) is 0 Å². The van der Waals surface area contributed by atoms with E-state index >= 15 is 0 Å². The van der Waals surface area contributed by atoms with Crippen LogP contribution in [-0.4, -0.2) is 40.3 Å². The van der Waals surface area contributed by atoms with Gasteiger partial charge in [0.05, 0.1) is 10.00 Å². The van der Waals surface area contributed by atoms with Crippen molar-refractivity contribution in [2.24, 2.45) is 0 Å². The molecule has 1 aliphatic heterocycles. The summed E-state index contributed by atoms with van der Waals surface area (Å²) in [5.41, 5.74) is 0. The van der Waals surface area contributed by atoms with Crippen LogP contribution in [0.5, 0.6) is 0 Å². The lowest BCUT2D eigenvalue weighted by molar-refractivity contribution is -0.0534. The molecule has 0 N–H and O–H groups in total. The lowest BCUT2D eigenvalue weighted by Gasteiger charge is -2.15. The molecule has 1 fully saturated rings. The van der Waals surface area contributed by atoms with Crippen LogP contribution in [0.25, 0.3) is 0 Å². The van der Waals surface area contributed by atoms with E-state index in [1.165, 1.54) is 6.04 Å². The number of epoxide rings is 1. The first-order valence-electron chi connectivity index (χ1n) is 5.72. The summed E-state index contributed by atoms with van der Waals surface area (Å²) in [6.07, 6.45) is 2.33. The summed E-state index contributed by atoms with van der Waals surface area (Å²) in [4.78, 5) is 0. The standard InChI is InChI=1S/C11H20Br2O3Si/c1-17(2,3)5-4-14-8-15-7-10-9(16-10)6-11(12)13/h6,9-10H,4-5,7-8H2,1-3H3. The normalized spacial score (nSPS) is 23.6. The largest absolute Gasteiger partial charge is 0.363 e. The average molecular weight is 388 g/mol. The maximum atomic E-state index is 5.43. The Morgan fingerprint density at radius 2 is 2.00 bits per heavy atom. The molecule has 1 saturated heterocycles. The molecule has 0 saturated carbocycles. The second-order valence-electron chi connectivity index (χ2n) is 5.30. The fourth-order valence-corrected chi connectivity index (χ4v) is 2.50. The van der Waals surface area contributed by atoms with Gasteiger partial charge in [-0.2, -0.15) is 0 Å². The second-order valence-corrected chi connectivity index (χ2v) is 13.7. The van der Waals surface area contributed by atoms with E-state index in [0.29, 0.717) is 13.4 Å². The van der Waals surface area contributed by atoms with Crippen LogP contribution < -0.4 is 0 Å². The highest BCUT2D eigenvalue weighted by Gasteiger charge is 2.37. The summed E-state index contributed by atoms with van der Waals surface area (Å²) in [5.74, 6) is 0. The van der Waals surface area contributed by atoms with Crippen LogP contribution in [0.15, 0.2) is 9.47 Å². The highest BCUT2D eigenvalue weighted by molar-refractivity contribution is 9.28. The highest BCUT2D eigenvalue weighted by Crippen LogP contribution is 2.28. The van der Waals surface area contributed by atoms with Crippen molar-refractivity contribution in [3.8, 4) is 0 Å². The van der Waals surface area contributed by atoms with Gasteiger partial charge in [0.2, 0.25) is 0 Å². The number of halogens is 2. The topological polar surface area (TPSA) is 31.0 Å². The molecule has 2 unspecified atom stereocenters. The second kappa shape index (κ2) is 7.40. The zero-order valence-corrected chi connectivity index (χ0v) is 14.7. The van der Waals surface area contributed by atoms with Crippen molar-refractivity contribution in [3.05, 3.63) is 9.47 Å². The van der Waals surface area contributed by atoms with E-state index in [0.717, 1.165) is 10.00 Å². The van der Waals surface area contributed by atoms with Crippen LogP contribution in [0, 0.1) is 0 Å². The zero-order chi connectivity index (χ0) is 12.9. The molecule has 2 atom stereocenters. The number of ether oxygens (including phenoxy) is 3. The number of hydrogen-bond acceptors (Lipinski definition) is 3. The van der Waals surface area contributed by atoms with Gasteiger partial charge in [-0.15, -0.1) is 0 Å². The highest BCUT2D eigenvalue weighted by atomic mass is 79.9. The number of hydrogen-bond donors (Lipinski definition) is 0. The van der Waals surface area contributed by atoms with E-state index in [4.69, 9.17) is 14.2 Å². The van der Waals surface area contributed by atoms with E-state index in [1.807, 2.05) is 6.08 Å². The molecule has 0 aromatic rings. The minimum absolute atomic E-state index is 0.172. The monoisotopic (exact) mass is 386 g/mol. The summed E-state index contributed by atoms with van der Waals surface area (Å²) in [6, 6.07) is 1.18. The molecule has 0 spiro atoms. The molecule has 0 amide bonds. The molecule has 17 heavy (non-hydrogen) atoms. The Bertz CT molecular complexity index is 262. The molecule has 3 nitrogen and oxygen atoms in total. The maximum absolute atomic E-state index is 5.43. The summed E-state index contributed by atoms with van der Waals surface area (Å²) < 4.78 is 17.1. The minimum Gasteiger partial charge on any atom is -0.363 e. The maximum Gasteiger partial charge on any atom is 0.146 e. The Morgan fingerprint density at radius 1 is 1.29 bits per heavy atom. The van der Waals surface area contributed by atoms with E-state index in [2.05, 4.69) is 51.5 Å². The molecule has 1 rings (SSSR count). The van der Waals surface area contributed by atoms with Crippen molar-refractivity contribution in [1.82, 2.24) is 0 Å². The van der Waals surface area contributed by atoms with Gasteiger partial charge in [-0.25, -0.2) is 0 Å². The molecular formula is C11H20Br2O3Si. The van der Waals surface area contributed by atoms with Crippen LogP contribution >= 0.6 is 31.9 Å². The van der Waals surface area contributed by atoms with Gasteiger partial charge in [0.25, 0.3) is 0 Å². The van der Waals surface area contributed by atoms with Gasteiger partial charge < -0.3 is 14.2 Å². The quantitative estimate of drug-likeness (QED) is 0.275. The fraction of sp³-hybridized carbons (Fsp3) is 0.818. The molecule has 6 heteroatoms. The van der Waals surface area contributed by atoms with E-state index in [9.17, 15) is 0 Å². The Kier molecular flexibility index (Phi) is 6.90. The average Bonchev–Trinajstić information content (AvgIpc) is 2.87. The predicted octanol–water partition coefficient (Wildman–Crippen LogP) is 3.71. The molecule has 0 bridgehead atoms. The zero-order valence-electron chi connectivity index (χ0n) is 10.5. The van der Waals surface area contributed by atoms with E-state index in [1.54, 1.807) is 0 Å². The smallest absolute Gasteiger partial charge is 0.146 e. The van der Waals surface area contributed by atoms with Crippen molar-refractivity contribution in [1.29, 1.82) is 0 Å². The Labute approximate surface area is 121 Å². The molecule has 1 heterocycles. The van der Waals surface area contributed by atoms with Crippen LogP contribution in [-0.2, 0) is 14.2 Å². The number of rotatable bonds is 8.